The lowest BCUT2D eigenvalue weighted by molar-refractivity contribution is 0.102. The molecule has 0 aromatic heterocycles. The number of carbonyl (C=O) groups is 1. The van der Waals surface area contributed by atoms with E-state index in [0.29, 0.717) is 65.7 Å². The lowest BCUT2D eigenvalue weighted by Crippen LogP contribution is -2.17. The summed E-state index contributed by atoms with van der Waals surface area (Å²) in [6.45, 7) is 2.10. The van der Waals surface area contributed by atoms with Crippen molar-refractivity contribution in [3.8, 4) is 23.0 Å². The van der Waals surface area contributed by atoms with Crippen molar-refractivity contribution in [2.24, 2.45) is 0 Å². The Morgan fingerprint density at radius 2 is 1.48 bits per heavy atom. The molecule has 2 aliphatic heterocycles. The maximum absolute atomic E-state index is 12.6. The van der Waals surface area contributed by atoms with Gasteiger partial charge in [-0.25, -0.2) is 0 Å². The average Bonchev–Trinajstić information content (AvgIpc) is 2.86. The number of rotatable bonds is 2. The van der Waals surface area contributed by atoms with E-state index >= 15 is 0 Å². The van der Waals surface area contributed by atoms with Crippen LogP contribution in [0.1, 0.15) is 16.8 Å². The third-order valence-corrected chi connectivity index (χ3v) is 4.19. The standard InChI is InChI=1S/C18H16ClNO5/c19-13-10-17-16(24-6-7-25-17)9-12(13)18(21)20-11-2-3-14-15(8-11)23-5-1-4-22-14/h2-3,8-10H,1,4-7H2,(H,20,21). The van der Waals surface area contributed by atoms with Gasteiger partial charge in [-0.05, 0) is 18.2 Å². The number of carbonyl (C=O) groups excluding carboxylic acids is 1. The highest BCUT2D eigenvalue weighted by atomic mass is 35.5. The minimum atomic E-state index is -0.337. The van der Waals surface area contributed by atoms with Crippen molar-refractivity contribution in [2.75, 3.05) is 31.7 Å². The van der Waals surface area contributed by atoms with Gasteiger partial charge in [-0.15, -0.1) is 0 Å². The number of hydrogen-bond donors (Lipinski definition) is 1. The molecule has 2 heterocycles. The second-order valence-electron chi connectivity index (χ2n) is 5.64. The number of hydrogen-bond acceptors (Lipinski definition) is 5. The van der Waals surface area contributed by atoms with Crippen molar-refractivity contribution in [1.82, 2.24) is 0 Å². The molecule has 0 bridgehead atoms. The predicted molar refractivity (Wildman–Crippen MR) is 92.4 cm³/mol. The number of nitrogens with one attached hydrogen (secondary N) is 1. The number of halogens is 1. The molecule has 0 unspecified atom stereocenters. The molecule has 1 N–H and O–H groups in total. The molecule has 0 saturated carbocycles. The molecule has 0 aliphatic carbocycles. The van der Waals surface area contributed by atoms with Gasteiger partial charge in [-0.3, -0.25) is 4.79 Å². The van der Waals surface area contributed by atoms with E-state index in [-0.39, 0.29) is 5.91 Å². The summed E-state index contributed by atoms with van der Waals surface area (Å²) in [7, 11) is 0. The smallest absolute Gasteiger partial charge is 0.257 e. The van der Waals surface area contributed by atoms with Crippen molar-refractivity contribution in [1.29, 1.82) is 0 Å². The maximum Gasteiger partial charge on any atom is 0.257 e. The second kappa shape index (κ2) is 6.72. The summed E-state index contributed by atoms with van der Waals surface area (Å²) in [5.74, 6) is 2.01. The van der Waals surface area contributed by atoms with Gasteiger partial charge in [0.05, 0.1) is 23.8 Å². The summed E-state index contributed by atoms with van der Waals surface area (Å²) >= 11 is 6.22. The van der Waals surface area contributed by atoms with Crippen molar-refractivity contribution < 1.29 is 23.7 Å². The first-order chi connectivity index (χ1) is 12.2. The SMILES string of the molecule is O=C(Nc1ccc2c(c1)OCCCO2)c1cc2c(cc1Cl)OCCO2. The Balaban J connectivity index is 1.57. The van der Waals surface area contributed by atoms with E-state index in [1.54, 1.807) is 30.3 Å². The van der Waals surface area contributed by atoms with E-state index in [1.165, 1.54) is 0 Å². The van der Waals surface area contributed by atoms with Crippen LogP contribution in [0.5, 0.6) is 23.0 Å². The molecule has 130 valence electrons. The van der Waals surface area contributed by atoms with Crippen LogP contribution in [0.4, 0.5) is 5.69 Å². The summed E-state index contributed by atoms with van der Waals surface area (Å²) < 4.78 is 22.2. The average molecular weight is 362 g/mol. The van der Waals surface area contributed by atoms with Crippen molar-refractivity contribution >= 4 is 23.2 Å². The highest BCUT2D eigenvalue weighted by Gasteiger charge is 2.20. The molecular weight excluding hydrogens is 346 g/mol. The zero-order valence-corrected chi connectivity index (χ0v) is 14.1. The largest absolute Gasteiger partial charge is 0.490 e. The maximum atomic E-state index is 12.6. The molecule has 25 heavy (non-hydrogen) atoms. The van der Waals surface area contributed by atoms with Crippen molar-refractivity contribution in [3.05, 3.63) is 40.9 Å². The Labute approximate surface area is 149 Å². The Hall–Kier alpha value is -2.60. The molecule has 0 saturated heterocycles. The number of benzene rings is 2. The van der Waals surface area contributed by atoms with Crippen LogP contribution in [0.15, 0.2) is 30.3 Å². The van der Waals surface area contributed by atoms with Gasteiger partial charge in [0, 0.05) is 24.2 Å². The Kier molecular flexibility index (Phi) is 4.28. The molecule has 7 heteroatoms. The second-order valence-corrected chi connectivity index (χ2v) is 6.05. The summed E-state index contributed by atoms with van der Waals surface area (Å²) in [5, 5.41) is 3.12. The first kappa shape index (κ1) is 15.9. The molecule has 0 atom stereocenters. The van der Waals surface area contributed by atoms with Gasteiger partial charge in [0.2, 0.25) is 0 Å². The molecule has 1 amide bonds. The molecule has 2 aliphatic rings. The van der Waals surface area contributed by atoms with Gasteiger partial charge in [0.1, 0.15) is 13.2 Å². The Bertz CT molecular complexity index is 823. The van der Waals surface area contributed by atoms with Crippen LogP contribution in [-0.4, -0.2) is 32.3 Å². The van der Waals surface area contributed by atoms with Crippen LogP contribution in [0.25, 0.3) is 0 Å². The number of ether oxygens (including phenoxy) is 4. The lowest BCUT2D eigenvalue weighted by Gasteiger charge is -2.19. The van der Waals surface area contributed by atoms with Crippen LogP contribution in [-0.2, 0) is 0 Å². The zero-order valence-electron chi connectivity index (χ0n) is 13.3. The molecule has 0 spiro atoms. The minimum absolute atomic E-state index is 0.302. The van der Waals surface area contributed by atoms with E-state index < -0.39 is 0 Å². The fourth-order valence-electron chi connectivity index (χ4n) is 2.68. The van der Waals surface area contributed by atoms with Crippen molar-refractivity contribution in [2.45, 2.75) is 6.42 Å². The van der Waals surface area contributed by atoms with Crippen LogP contribution < -0.4 is 24.3 Å². The van der Waals surface area contributed by atoms with Gasteiger partial charge in [-0.2, -0.15) is 0 Å². The third kappa shape index (κ3) is 3.30. The van der Waals surface area contributed by atoms with Gasteiger partial charge < -0.3 is 24.3 Å². The fourth-order valence-corrected chi connectivity index (χ4v) is 2.92. The van der Waals surface area contributed by atoms with E-state index in [1.807, 2.05) is 0 Å². The molecular formula is C18H16ClNO5. The number of fused-ring (bicyclic) bond motifs is 2. The van der Waals surface area contributed by atoms with E-state index in [2.05, 4.69) is 5.32 Å². The van der Waals surface area contributed by atoms with Gasteiger partial charge in [-0.1, -0.05) is 11.6 Å². The van der Waals surface area contributed by atoms with E-state index in [4.69, 9.17) is 30.5 Å². The molecule has 4 rings (SSSR count). The Morgan fingerprint density at radius 1 is 0.840 bits per heavy atom. The summed E-state index contributed by atoms with van der Waals surface area (Å²) in [4.78, 5) is 12.6. The van der Waals surface area contributed by atoms with Crippen molar-refractivity contribution in [3.63, 3.8) is 0 Å². The molecule has 0 radical (unpaired) electrons. The normalized spacial score (nSPS) is 15.2. The van der Waals surface area contributed by atoms with E-state index in [9.17, 15) is 4.79 Å². The topological polar surface area (TPSA) is 66.0 Å². The summed E-state index contributed by atoms with van der Waals surface area (Å²) in [6, 6.07) is 8.47. The summed E-state index contributed by atoms with van der Waals surface area (Å²) in [5.41, 5.74) is 0.915. The van der Waals surface area contributed by atoms with E-state index in [0.717, 1.165) is 6.42 Å². The molecule has 2 aromatic carbocycles. The predicted octanol–water partition coefficient (Wildman–Crippen LogP) is 3.52. The quantitative estimate of drug-likeness (QED) is 0.886. The van der Waals surface area contributed by atoms with Gasteiger partial charge in [0.15, 0.2) is 23.0 Å². The first-order valence-electron chi connectivity index (χ1n) is 8.01. The van der Waals surface area contributed by atoms with Gasteiger partial charge in [0.25, 0.3) is 5.91 Å². The highest BCUT2D eigenvalue weighted by molar-refractivity contribution is 6.34. The monoisotopic (exact) mass is 361 g/mol. The van der Waals surface area contributed by atoms with Crippen LogP contribution in [0, 0.1) is 0 Å². The molecule has 6 nitrogen and oxygen atoms in total. The van der Waals surface area contributed by atoms with Crippen LogP contribution in [0.3, 0.4) is 0 Å². The molecule has 2 aromatic rings. The molecule has 0 fully saturated rings. The first-order valence-corrected chi connectivity index (χ1v) is 8.39. The van der Waals surface area contributed by atoms with Gasteiger partial charge >= 0.3 is 0 Å². The third-order valence-electron chi connectivity index (χ3n) is 3.88. The number of anilines is 1. The summed E-state index contributed by atoms with van der Waals surface area (Å²) in [6.07, 6.45) is 0.823. The highest BCUT2D eigenvalue weighted by Crippen LogP contribution is 2.36. The van der Waals surface area contributed by atoms with Crippen LogP contribution in [0.2, 0.25) is 5.02 Å². The lowest BCUT2D eigenvalue weighted by atomic mass is 10.1. The Morgan fingerprint density at radius 3 is 2.28 bits per heavy atom. The fraction of sp³-hybridized carbons (Fsp3) is 0.278. The zero-order chi connectivity index (χ0) is 17.2. The number of amides is 1. The van der Waals surface area contributed by atoms with Crippen LogP contribution >= 0.6 is 11.6 Å². The minimum Gasteiger partial charge on any atom is -0.490 e.